The van der Waals surface area contributed by atoms with Crippen molar-refractivity contribution in [2.75, 3.05) is 0 Å². The molecule has 1 saturated carbocycles. The number of halogens is 1. The average Bonchev–Trinajstić information content (AvgIpc) is 2.46. The molecule has 1 aromatic carbocycles. The van der Waals surface area contributed by atoms with E-state index in [2.05, 4.69) is 27.8 Å². The molecule has 104 valence electrons. The second kappa shape index (κ2) is 5.65. The first-order chi connectivity index (χ1) is 9.65. The molecule has 3 rings (SSSR count). The van der Waals surface area contributed by atoms with Crippen LogP contribution in [-0.2, 0) is 0 Å². The summed E-state index contributed by atoms with van der Waals surface area (Å²) in [6, 6.07) is 9.93. The molecule has 3 heteroatoms. The number of para-hydroxylation sites is 1. The molecule has 0 radical (unpaired) electrons. The maximum absolute atomic E-state index is 12.7. The van der Waals surface area contributed by atoms with Crippen molar-refractivity contribution in [2.24, 2.45) is 11.8 Å². The van der Waals surface area contributed by atoms with Gasteiger partial charge in [-0.15, -0.1) is 0 Å². The minimum Gasteiger partial charge on any atom is -0.292 e. The van der Waals surface area contributed by atoms with E-state index >= 15 is 0 Å². The van der Waals surface area contributed by atoms with Crippen molar-refractivity contribution in [3.05, 3.63) is 40.5 Å². The molecule has 1 fully saturated rings. The molecular formula is C17H18BrNO. The second-order valence-electron chi connectivity index (χ2n) is 5.84. The van der Waals surface area contributed by atoms with Crippen LogP contribution in [0.2, 0.25) is 0 Å². The fourth-order valence-electron chi connectivity index (χ4n) is 3.13. The highest BCUT2D eigenvalue weighted by molar-refractivity contribution is 9.10. The van der Waals surface area contributed by atoms with E-state index in [1.54, 1.807) is 0 Å². The van der Waals surface area contributed by atoms with Gasteiger partial charge in [-0.1, -0.05) is 38.0 Å². The summed E-state index contributed by atoms with van der Waals surface area (Å²) in [5.74, 6) is 0.995. The summed E-state index contributed by atoms with van der Waals surface area (Å²) in [6.07, 6.45) is 4.41. The predicted octanol–water partition coefficient (Wildman–Crippen LogP) is 5.01. The first kappa shape index (κ1) is 13.7. The normalized spacial score (nSPS) is 22.9. The van der Waals surface area contributed by atoms with Crippen molar-refractivity contribution < 1.29 is 4.79 Å². The molecular weight excluding hydrogens is 314 g/mol. The molecule has 0 spiro atoms. The van der Waals surface area contributed by atoms with Gasteiger partial charge in [-0.25, -0.2) is 4.98 Å². The largest absolute Gasteiger partial charge is 0.292 e. The van der Waals surface area contributed by atoms with Gasteiger partial charge in [0.05, 0.1) is 5.52 Å². The lowest BCUT2D eigenvalue weighted by atomic mass is 9.79. The van der Waals surface area contributed by atoms with Crippen molar-refractivity contribution in [2.45, 2.75) is 32.6 Å². The summed E-state index contributed by atoms with van der Waals surface area (Å²) in [6.45, 7) is 2.24. The van der Waals surface area contributed by atoms with Crippen molar-refractivity contribution >= 4 is 32.6 Å². The third-order valence-corrected chi connectivity index (χ3v) is 4.82. The summed E-state index contributed by atoms with van der Waals surface area (Å²) < 4.78 is 0.819. The molecule has 0 N–H and O–H groups in total. The number of nitrogens with zero attached hydrogens (tertiary/aromatic N) is 1. The zero-order valence-corrected chi connectivity index (χ0v) is 13.2. The molecule has 1 aliphatic rings. The van der Waals surface area contributed by atoms with Crippen LogP contribution in [0.1, 0.15) is 43.1 Å². The van der Waals surface area contributed by atoms with E-state index in [0.29, 0.717) is 11.6 Å². The lowest BCUT2D eigenvalue weighted by Crippen LogP contribution is -2.23. The highest BCUT2D eigenvalue weighted by atomic mass is 79.9. The maximum atomic E-state index is 12.7. The van der Waals surface area contributed by atoms with Gasteiger partial charge in [0.2, 0.25) is 0 Å². The number of benzene rings is 1. The Labute approximate surface area is 127 Å². The first-order valence-electron chi connectivity index (χ1n) is 7.24. The number of carbonyl (C=O) groups excluding carboxylic acids is 1. The topological polar surface area (TPSA) is 30.0 Å². The standard InChI is InChI=1S/C17H18BrNO/c1-11-5-4-7-13(9-11)17(20)16-14(18)10-12-6-2-3-8-15(12)19-16/h2-3,6,8,10-11,13H,4-5,7,9H2,1H3. The molecule has 0 amide bonds. The highest BCUT2D eigenvalue weighted by Gasteiger charge is 2.28. The number of fused-ring (bicyclic) bond motifs is 1. The summed E-state index contributed by atoms with van der Waals surface area (Å²) >= 11 is 3.52. The Morgan fingerprint density at radius 3 is 2.90 bits per heavy atom. The molecule has 2 unspecified atom stereocenters. The van der Waals surface area contributed by atoms with Crippen molar-refractivity contribution in [1.29, 1.82) is 0 Å². The Bertz CT molecular complexity index is 652. The van der Waals surface area contributed by atoms with Crippen LogP contribution >= 0.6 is 15.9 Å². The molecule has 2 aromatic rings. The average molecular weight is 332 g/mol. The molecule has 20 heavy (non-hydrogen) atoms. The van der Waals surface area contributed by atoms with Crippen LogP contribution in [0, 0.1) is 11.8 Å². The molecule has 1 aliphatic carbocycles. The summed E-state index contributed by atoms with van der Waals surface area (Å²) in [7, 11) is 0. The number of aromatic nitrogens is 1. The lowest BCUT2D eigenvalue weighted by molar-refractivity contribution is 0.0862. The third-order valence-electron chi connectivity index (χ3n) is 4.22. The number of ketones is 1. The number of hydrogen-bond donors (Lipinski definition) is 0. The second-order valence-corrected chi connectivity index (χ2v) is 6.70. The van der Waals surface area contributed by atoms with Gasteiger partial charge in [0.1, 0.15) is 5.69 Å². The van der Waals surface area contributed by atoms with Crippen LogP contribution in [0.3, 0.4) is 0 Å². The van der Waals surface area contributed by atoms with E-state index in [1.165, 1.54) is 6.42 Å². The van der Waals surface area contributed by atoms with Crippen LogP contribution in [0.15, 0.2) is 34.8 Å². The molecule has 1 aromatic heterocycles. The third kappa shape index (κ3) is 2.64. The van der Waals surface area contributed by atoms with E-state index in [4.69, 9.17) is 0 Å². The minimum atomic E-state index is 0.142. The van der Waals surface area contributed by atoms with Crippen LogP contribution in [0.5, 0.6) is 0 Å². The maximum Gasteiger partial charge on any atom is 0.185 e. The van der Waals surface area contributed by atoms with Gasteiger partial charge in [-0.2, -0.15) is 0 Å². The molecule has 0 saturated heterocycles. The summed E-state index contributed by atoms with van der Waals surface area (Å²) in [5, 5.41) is 1.06. The number of carbonyl (C=O) groups is 1. The zero-order chi connectivity index (χ0) is 14.1. The predicted molar refractivity (Wildman–Crippen MR) is 84.9 cm³/mol. The number of rotatable bonds is 2. The lowest BCUT2D eigenvalue weighted by Gasteiger charge is -2.25. The Kier molecular flexibility index (Phi) is 3.88. The van der Waals surface area contributed by atoms with Crippen molar-refractivity contribution in [1.82, 2.24) is 4.98 Å². The Morgan fingerprint density at radius 1 is 1.30 bits per heavy atom. The highest BCUT2D eigenvalue weighted by Crippen LogP contribution is 2.32. The monoisotopic (exact) mass is 331 g/mol. The molecule has 2 nitrogen and oxygen atoms in total. The minimum absolute atomic E-state index is 0.142. The van der Waals surface area contributed by atoms with Gasteiger partial charge in [0.25, 0.3) is 0 Å². The van der Waals surface area contributed by atoms with E-state index < -0.39 is 0 Å². The van der Waals surface area contributed by atoms with E-state index in [9.17, 15) is 4.79 Å². The number of pyridine rings is 1. The van der Waals surface area contributed by atoms with Crippen LogP contribution in [-0.4, -0.2) is 10.8 Å². The smallest absolute Gasteiger partial charge is 0.185 e. The van der Waals surface area contributed by atoms with Gasteiger partial charge in [-0.05, 0) is 46.8 Å². The summed E-state index contributed by atoms with van der Waals surface area (Å²) in [4.78, 5) is 17.3. The fourth-order valence-corrected chi connectivity index (χ4v) is 3.66. The van der Waals surface area contributed by atoms with Gasteiger partial charge >= 0.3 is 0 Å². The Morgan fingerprint density at radius 2 is 2.10 bits per heavy atom. The first-order valence-corrected chi connectivity index (χ1v) is 8.04. The molecule has 1 heterocycles. The SMILES string of the molecule is CC1CCCC(C(=O)c2nc3ccccc3cc2Br)C1. The number of hydrogen-bond acceptors (Lipinski definition) is 2. The van der Waals surface area contributed by atoms with Crippen molar-refractivity contribution in [3.63, 3.8) is 0 Å². The van der Waals surface area contributed by atoms with Crippen LogP contribution in [0.4, 0.5) is 0 Å². The fraction of sp³-hybridized carbons (Fsp3) is 0.412. The molecule has 2 atom stereocenters. The van der Waals surface area contributed by atoms with Gasteiger partial charge in [0.15, 0.2) is 5.78 Å². The quantitative estimate of drug-likeness (QED) is 0.724. The Balaban J connectivity index is 1.96. The van der Waals surface area contributed by atoms with Gasteiger partial charge in [-0.3, -0.25) is 4.79 Å². The zero-order valence-electron chi connectivity index (χ0n) is 11.6. The van der Waals surface area contributed by atoms with Gasteiger partial charge in [0, 0.05) is 15.8 Å². The molecule has 0 bridgehead atoms. The van der Waals surface area contributed by atoms with Gasteiger partial charge < -0.3 is 0 Å². The van der Waals surface area contributed by atoms with E-state index in [1.807, 2.05) is 30.3 Å². The summed E-state index contributed by atoms with van der Waals surface area (Å²) in [5.41, 5.74) is 1.49. The van der Waals surface area contributed by atoms with Crippen LogP contribution < -0.4 is 0 Å². The van der Waals surface area contributed by atoms with E-state index in [-0.39, 0.29) is 11.7 Å². The van der Waals surface area contributed by atoms with E-state index in [0.717, 1.165) is 34.6 Å². The molecule has 0 aliphatic heterocycles. The number of Topliss-reactive ketones (excluding diaryl/α,β-unsaturated/α-hetero) is 1. The Hall–Kier alpha value is -1.22. The van der Waals surface area contributed by atoms with Crippen LogP contribution in [0.25, 0.3) is 10.9 Å². The van der Waals surface area contributed by atoms with Crippen molar-refractivity contribution in [3.8, 4) is 0 Å².